The SMILES string of the molecule is ON=Cc1cccc(C#CCCN2CCN(Cc3ccccc3)CC2)n1. The number of pyridine rings is 1. The third kappa shape index (κ3) is 5.69. The first kappa shape index (κ1) is 18.1. The van der Waals surface area contributed by atoms with E-state index in [0.29, 0.717) is 11.4 Å². The Morgan fingerprint density at radius 1 is 1.00 bits per heavy atom. The molecule has 3 rings (SSSR count). The zero-order valence-electron chi connectivity index (χ0n) is 14.9. The molecule has 0 atom stereocenters. The van der Waals surface area contributed by atoms with E-state index in [4.69, 9.17) is 5.21 Å². The van der Waals surface area contributed by atoms with Gasteiger partial charge in [-0.05, 0) is 23.6 Å². The van der Waals surface area contributed by atoms with Crippen LogP contribution in [-0.4, -0.2) is 58.9 Å². The summed E-state index contributed by atoms with van der Waals surface area (Å²) in [5.41, 5.74) is 2.69. The van der Waals surface area contributed by atoms with Crippen molar-refractivity contribution in [2.75, 3.05) is 32.7 Å². The van der Waals surface area contributed by atoms with Gasteiger partial charge in [0.2, 0.25) is 0 Å². The summed E-state index contributed by atoms with van der Waals surface area (Å²) in [5.74, 6) is 6.28. The molecule has 0 saturated carbocycles. The minimum Gasteiger partial charge on any atom is -0.411 e. The Kier molecular flexibility index (Phi) is 6.77. The average Bonchev–Trinajstić information content (AvgIpc) is 2.68. The number of rotatable bonds is 5. The highest BCUT2D eigenvalue weighted by atomic mass is 16.4. The summed E-state index contributed by atoms with van der Waals surface area (Å²) in [7, 11) is 0. The van der Waals surface area contributed by atoms with Crippen LogP contribution in [0.1, 0.15) is 23.4 Å². The first-order valence-corrected chi connectivity index (χ1v) is 8.95. The second-order valence-electron chi connectivity index (χ2n) is 6.35. The number of piperazine rings is 1. The van der Waals surface area contributed by atoms with Gasteiger partial charge in [-0.1, -0.05) is 47.5 Å². The summed E-state index contributed by atoms with van der Waals surface area (Å²) in [6.07, 6.45) is 2.14. The first-order chi connectivity index (χ1) is 12.8. The van der Waals surface area contributed by atoms with E-state index < -0.39 is 0 Å². The predicted octanol–water partition coefficient (Wildman–Crippen LogP) is 2.45. The molecule has 1 saturated heterocycles. The normalized spacial score (nSPS) is 15.7. The van der Waals surface area contributed by atoms with Crippen molar-refractivity contribution in [3.8, 4) is 11.8 Å². The van der Waals surface area contributed by atoms with E-state index in [1.807, 2.05) is 12.1 Å². The second kappa shape index (κ2) is 9.71. The van der Waals surface area contributed by atoms with Crippen LogP contribution in [0.5, 0.6) is 0 Å². The predicted molar refractivity (Wildman–Crippen MR) is 103 cm³/mol. The molecule has 1 aromatic heterocycles. The molecule has 1 N–H and O–H groups in total. The molecule has 134 valence electrons. The first-order valence-electron chi connectivity index (χ1n) is 8.95. The van der Waals surface area contributed by atoms with Crippen molar-refractivity contribution in [1.29, 1.82) is 0 Å². The third-order valence-electron chi connectivity index (χ3n) is 4.44. The van der Waals surface area contributed by atoms with Gasteiger partial charge in [-0.15, -0.1) is 0 Å². The maximum Gasteiger partial charge on any atom is 0.113 e. The lowest BCUT2D eigenvalue weighted by atomic mass is 10.2. The van der Waals surface area contributed by atoms with E-state index in [2.05, 4.69) is 62.1 Å². The number of hydrogen-bond donors (Lipinski definition) is 1. The van der Waals surface area contributed by atoms with Crippen molar-refractivity contribution in [1.82, 2.24) is 14.8 Å². The molecular formula is C21H24N4O. The molecule has 5 heteroatoms. The second-order valence-corrected chi connectivity index (χ2v) is 6.35. The Balaban J connectivity index is 1.40. The molecule has 1 aliphatic heterocycles. The van der Waals surface area contributed by atoms with Gasteiger partial charge in [0, 0.05) is 45.7 Å². The molecule has 26 heavy (non-hydrogen) atoms. The smallest absolute Gasteiger partial charge is 0.113 e. The van der Waals surface area contributed by atoms with Crippen LogP contribution >= 0.6 is 0 Å². The van der Waals surface area contributed by atoms with Crippen LogP contribution in [0.25, 0.3) is 0 Å². The maximum absolute atomic E-state index is 8.55. The molecular weight excluding hydrogens is 324 g/mol. The summed E-state index contributed by atoms with van der Waals surface area (Å²) in [6.45, 7) is 6.42. The highest BCUT2D eigenvalue weighted by Crippen LogP contribution is 2.08. The Morgan fingerprint density at radius 2 is 1.77 bits per heavy atom. The summed E-state index contributed by atoms with van der Waals surface area (Å²) < 4.78 is 0. The Labute approximate surface area is 155 Å². The van der Waals surface area contributed by atoms with E-state index in [9.17, 15) is 0 Å². The zero-order valence-corrected chi connectivity index (χ0v) is 14.9. The average molecular weight is 348 g/mol. The standard InChI is InChI=1S/C21H24N4O/c26-22-17-21-11-6-10-20(23-21)9-4-5-12-24-13-15-25(16-14-24)18-19-7-2-1-3-8-19/h1-3,6-8,10-11,17,26H,5,12-16,18H2. The van der Waals surface area contributed by atoms with E-state index in [1.165, 1.54) is 11.8 Å². The van der Waals surface area contributed by atoms with E-state index in [1.54, 1.807) is 6.07 Å². The van der Waals surface area contributed by atoms with Gasteiger partial charge in [0.1, 0.15) is 5.69 Å². The van der Waals surface area contributed by atoms with Gasteiger partial charge in [-0.3, -0.25) is 9.80 Å². The fraction of sp³-hybridized carbons (Fsp3) is 0.333. The van der Waals surface area contributed by atoms with Crippen LogP contribution in [0.15, 0.2) is 53.7 Å². The lowest BCUT2D eigenvalue weighted by Crippen LogP contribution is -2.46. The molecule has 1 aromatic carbocycles. The van der Waals surface area contributed by atoms with E-state index in [-0.39, 0.29) is 0 Å². The van der Waals surface area contributed by atoms with E-state index in [0.717, 1.165) is 45.7 Å². The largest absolute Gasteiger partial charge is 0.411 e. The molecule has 0 bridgehead atoms. The van der Waals surface area contributed by atoms with Crippen LogP contribution < -0.4 is 0 Å². The lowest BCUT2D eigenvalue weighted by molar-refractivity contribution is 0.129. The molecule has 0 amide bonds. The Hall–Kier alpha value is -2.68. The van der Waals surface area contributed by atoms with Gasteiger partial charge in [0.15, 0.2) is 0 Å². The van der Waals surface area contributed by atoms with Gasteiger partial charge < -0.3 is 5.21 Å². The minimum absolute atomic E-state index is 0.605. The molecule has 2 heterocycles. The number of oxime groups is 1. The van der Waals surface area contributed by atoms with Crippen molar-refractivity contribution in [2.45, 2.75) is 13.0 Å². The third-order valence-corrected chi connectivity index (χ3v) is 4.44. The van der Waals surface area contributed by atoms with Gasteiger partial charge >= 0.3 is 0 Å². The fourth-order valence-electron chi connectivity index (χ4n) is 3.03. The van der Waals surface area contributed by atoms with Crippen molar-refractivity contribution >= 4 is 6.21 Å². The van der Waals surface area contributed by atoms with Gasteiger partial charge in [0.25, 0.3) is 0 Å². The van der Waals surface area contributed by atoms with Crippen molar-refractivity contribution in [3.05, 3.63) is 65.5 Å². The maximum atomic E-state index is 8.55. The van der Waals surface area contributed by atoms with Gasteiger partial charge in [-0.2, -0.15) is 0 Å². The number of benzene rings is 1. The van der Waals surface area contributed by atoms with Crippen molar-refractivity contribution < 1.29 is 5.21 Å². The Bertz CT molecular complexity index is 771. The van der Waals surface area contributed by atoms with Crippen LogP contribution in [-0.2, 0) is 6.54 Å². The van der Waals surface area contributed by atoms with Gasteiger partial charge in [0.05, 0.1) is 11.9 Å². The highest BCUT2D eigenvalue weighted by Gasteiger charge is 2.16. The highest BCUT2D eigenvalue weighted by molar-refractivity contribution is 5.76. The van der Waals surface area contributed by atoms with Crippen LogP contribution in [0.4, 0.5) is 0 Å². The van der Waals surface area contributed by atoms with Crippen LogP contribution in [0, 0.1) is 11.8 Å². The summed E-state index contributed by atoms with van der Waals surface area (Å²) in [4.78, 5) is 9.27. The van der Waals surface area contributed by atoms with Crippen molar-refractivity contribution in [2.24, 2.45) is 5.16 Å². The molecule has 5 nitrogen and oxygen atoms in total. The molecule has 2 aromatic rings. The quantitative estimate of drug-likeness (QED) is 0.390. The number of hydrogen-bond acceptors (Lipinski definition) is 5. The number of nitrogens with zero attached hydrogens (tertiary/aromatic N) is 4. The molecule has 1 fully saturated rings. The summed E-state index contributed by atoms with van der Waals surface area (Å²) in [5, 5.41) is 11.5. The van der Waals surface area contributed by atoms with Crippen LogP contribution in [0.3, 0.4) is 0 Å². The Morgan fingerprint density at radius 3 is 2.54 bits per heavy atom. The minimum atomic E-state index is 0.605. The number of aromatic nitrogens is 1. The fourth-order valence-corrected chi connectivity index (χ4v) is 3.03. The molecule has 0 spiro atoms. The monoisotopic (exact) mass is 348 g/mol. The molecule has 1 aliphatic rings. The summed E-state index contributed by atoms with van der Waals surface area (Å²) in [6, 6.07) is 16.2. The van der Waals surface area contributed by atoms with E-state index >= 15 is 0 Å². The molecule has 0 radical (unpaired) electrons. The lowest BCUT2D eigenvalue weighted by Gasteiger charge is -2.34. The zero-order chi connectivity index (χ0) is 18.0. The van der Waals surface area contributed by atoms with Crippen LogP contribution in [0.2, 0.25) is 0 Å². The summed E-state index contributed by atoms with van der Waals surface area (Å²) >= 11 is 0. The van der Waals surface area contributed by atoms with Gasteiger partial charge in [-0.25, -0.2) is 4.98 Å². The molecule has 0 aliphatic carbocycles. The topological polar surface area (TPSA) is 52.0 Å². The van der Waals surface area contributed by atoms with Crippen molar-refractivity contribution in [3.63, 3.8) is 0 Å². The molecule has 0 unspecified atom stereocenters.